The maximum Gasteiger partial charge on any atom is 0.416 e. The summed E-state index contributed by atoms with van der Waals surface area (Å²) in [5, 5.41) is 0. The molecule has 1 fully saturated rings. The molecule has 158 valence electrons. The molecule has 1 saturated heterocycles. The molecule has 7 heteroatoms. The smallest absolute Gasteiger partial charge is 0.340 e. The first-order chi connectivity index (χ1) is 13.9. The van der Waals surface area contributed by atoms with Crippen molar-refractivity contribution in [3.05, 3.63) is 59.7 Å². The minimum absolute atomic E-state index is 0.590. The van der Waals surface area contributed by atoms with Gasteiger partial charge in [0.05, 0.1) is 16.9 Å². The molecule has 2 aliphatic heterocycles. The average molecular weight is 424 g/mol. The van der Waals surface area contributed by atoms with Gasteiger partial charge in [-0.1, -0.05) is 31.0 Å². The van der Waals surface area contributed by atoms with Gasteiger partial charge in [-0.25, -0.2) is 0 Å². The van der Waals surface area contributed by atoms with Gasteiger partial charge in [-0.15, -0.1) is 0 Å². The molecular weight excluding hydrogens is 395 g/mol. The van der Waals surface area contributed by atoms with E-state index in [1.54, 1.807) is 18.2 Å². The van der Waals surface area contributed by atoms with E-state index >= 15 is 0 Å². The van der Waals surface area contributed by atoms with Gasteiger partial charge in [-0.3, -0.25) is 0 Å². The summed E-state index contributed by atoms with van der Waals surface area (Å²) in [5.41, 5.74) is 6.54. The standard InChI is InChI=1S/C22H28F3N3S/c1-3-18-20(4-2)29-21-7-6-17(22(23,24)25)14-19(21)28(18)11-5-10-27-12-8-16(15-26)9-13-27/h3-4,6-7,14,16H,1-2,5,8-13,15,26H2. The summed E-state index contributed by atoms with van der Waals surface area (Å²) in [6.45, 7) is 12.1. The molecule has 0 spiro atoms. The number of allylic oxidation sites excluding steroid dienone is 2. The lowest BCUT2D eigenvalue weighted by molar-refractivity contribution is -0.137. The second kappa shape index (κ2) is 9.41. The van der Waals surface area contributed by atoms with E-state index in [0.29, 0.717) is 18.2 Å². The number of halogens is 3. The maximum absolute atomic E-state index is 13.3. The number of rotatable bonds is 7. The highest BCUT2D eigenvalue weighted by Gasteiger charge is 2.33. The molecule has 0 unspecified atom stereocenters. The van der Waals surface area contributed by atoms with Crippen LogP contribution in [0.2, 0.25) is 0 Å². The molecule has 0 saturated carbocycles. The van der Waals surface area contributed by atoms with Crippen LogP contribution in [-0.2, 0) is 6.18 Å². The summed E-state index contributed by atoms with van der Waals surface area (Å²) in [6, 6.07) is 3.94. The first-order valence-corrected chi connectivity index (χ1v) is 10.8. The Labute approximate surface area is 175 Å². The van der Waals surface area contributed by atoms with Gasteiger partial charge in [0.25, 0.3) is 0 Å². The normalized spacial score (nSPS) is 18.7. The van der Waals surface area contributed by atoms with E-state index < -0.39 is 11.7 Å². The van der Waals surface area contributed by atoms with Gasteiger partial charge in [0, 0.05) is 16.3 Å². The third-order valence-electron chi connectivity index (χ3n) is 5.62. The van der Waals surface area contributed by atoms with Crippen LogP contribution in [0.15, 0.2) is 59.0 Å². The molecule has 3 nitrogen and oxygen atoms in total. The Morgan fingerprint density at radius 3 is 2.45 bits per heavy atom. The van der Waals surface area contributed by atoms with Crippen LogP contribution in [0.25, 0.3) is 0 Å². The van der Waals surface area contributed by atoms with E-state index in [0.717, 1.165) is 67.0 Å². The summed E-state index contributed by atoms with van der Waals surface area (Å²) >= 11 is 1.44. The van der Waals surface area contributed by atoms with Crippen molar-refractivity contribution in [1.82, 2.24) is 4.90 Å². The number of piperidine rings is 1. The third-order valence-corrected chi connectivity index (χ3v) is 6.78. The number of benzene rings is 1. The first kappa shape index (κ1) is 22.0. The molecule has 0 radical (unpaired) electrons. The Kier molecular flexibility index (Phi) is 7.14. The molecule has 3 rings (SSSR count). The lowest BCUT2D eigenvalue weighted by Gasteiger charge is -2.35. The molecule has 2 aliphatic rings. The number of hydrogen-bond acceptors (Lipinski definition) is 4. The van der Waals surface area contributed by atoms with Gasteiger partial charge in [0.2, 0.25) is 0 Å². The zero-order valence-corrected chi connectivity index (χ0v) is 17.4. The van der Waals surface area contributed by atoms with E-state index in [9.17, 15) is 13.2 Å². The number of hydrogen-bond donors (Lipinski definition) is 1. The van der Waals surface area contributed by atoms with Crippen molar-refractivity contribution in [3.8, 4) is 0 Å². The van der Waals surface area contributed by atoms with E-state index in [1.165, 1.54) is 17.8 Å². The van der Waals surface area contributed by atoms with Crippen molar-refractivity contribution in [3.63, 3.8) is 0 Å². The largest absolute Gasteiger partial charge is 0.416 e. The van der Waals surface area contributed by atoms with Gasteiger partial charge >= 0.3 is 6.18 Å². The monoisotopic (exact) mass is 423 g/mol. The lowest BCUT2D eigenvalue weighted by atomic mass is 9.97. The van der Waals surface area contributed by atoms with Crippen molar-refractivity contribution in [2.75, 3.05) is 37.6 Å². The van der Waals surface area contributed by atoms with Crippen LogP contribution >= 0.6 is 11.8 Å². The average Bonchev–Trinajstić information content (AvgIpc) is 2.72. The third kappa shape index (κ3) is 5.08. The number of anilines is 1. The predicted octanol–water partition coefficient (Wildman–Crippen LogP) is 5.26. The zero-order valence-electron chi connectivity index (χ0n) is 16.5. The van der Waals surface area contributed by atoms with Gasteiger partial charge in [0.15, 0.2) is 0 Å². The van der Waals surface area contributed by atoms with Gasteiger partial charge in [-0.2, -0.15) is 13.2 Å². The minimum Gasteiger partial charge on any atom is -0.340 e. The summed E-state index contributed by atoms with van der Waals surface area (Å²) < 4.78 is 39.8. The maximum atomic E-state index is 13.3. The highest BCUT2D eigenvalue weighted by Crippen LogP contribution is 2.46. The topological polar surface area (TPSA) is 32.5 Å². The molecule has 2 heterocycles. The Morgan fingerprint density at radius 1 is 1.14 bits per heavy atom. The van der Waals surface area contributed by atoms with Gasteiger partial charge < -0.3 is 15.5 Å². The highest BCUT2D eigenvalue weighted by molar-refractivity contribution is 8.03. The van der Waals surface area contributed by atoms with Gasteiger partial charge in [-0.05, 0) is 75.6 Å². The van der Waals surface area contributed by atoms with Crippen LogP contribution in [0.4, 0.5) is 18.9 Å². The van der Waals surface area contributed by atoms with E-state index in [4.69, 9.17) is 5.73 Å². The molecule has 1 aromatic rings. The fourth-order valence-corrected chi connectivity index (χ4v) is 4.95. The molecule has 0 amide bonds. The van der Waals surface area contributed by atoms with Crippen molar-refractivity contribution in [2.45, 2.75) is 30.3 Å². The molecule has 2 N–H and O–H groups in total. The van der Waals surface area contributed by atoms with Crippen molar-refractivity contribution >= 4 is 17.4 Å². The van der Waals surface area contributed by atoms with Gasteiger partial charge in [0.1, 0.15) is 0 Å². The second-order valence-corrected chi connectivity index (χ2v) is 8.55. The SMILES string of the molecule is C=CC1=C(C=C)N(CCCN2CCC(CN)CC2)c2cc(C(F)(F)F)ccc2S1. The van der Waals surface area contributed by atoms with Crippen molar-refractivity contribution in [1.29, 1.82) is 0 Å². The fraction of sp³-hybridized carbons (Fsp3) is 0.455. The first-order valence-electron chi connectivity index (χ1n) is 9.95. The number of thioether (sulfide) groups is 1. The Bertz CT molecular complexity index is 780. The van der Waals surface area contributed by atoms with Crippen LogP contribution in [0, 0.1) is 5.92 Å². The Balaban J connectivity index is 1.77. The van der Waals surface area contributed by atoms with Crippen LogP contribution in [0.5, 0.6) is 0 Å². The number of fused-ring (bicyclic) bond motifs is 1. The van der Waals surface area contributed by atoms with Crippen molar-refractivity contribution in [2.24, 2.45) is 11.7 Å². The number of alkyl halides is 3. The van der Waals surface area contributed by atoms with E-state index in [-0.39, 0.29) is 0 Å². The summed E-state index contributed by atoms with van der Waals surface area (Å²) in [7, 11) is 0. The molecular formula is C22H28F3N3S. The Morgan fingerprint density at radius 2 is 1.86 bits per heavy atom. The minimum atomic E-state index is -4.37. The second-order valence-electron chi connectivity index (χ2n) is 7.47. The molecule has 0 aliphatic carbocycles. The zero-order chi connectivity index (χ0) is 21.0. The molecule has 0 bridgehead atoms. The lowest BCUT2D eigenvalue weighted by Crippen LogP contribution is -2.38. The molecule has 1 aromatic carbocycles. The molecule has 29 heavy (non-hydrogen) atoms. The molecule has 0 atom stereocenters. The van der Waals surface area contributed by atoms with Crippen LogP contribution in [0.1, 0.15) is 24.8 Å². The summed E-state index contributed by atoms with van der Waals surface area (Å²) in [4.78, 5) is 6.10. The Hall–Kier alpha value is -1.70. The fourth-order valence-electron chi connectivity index (χ4n) is 3.92. The molecule has 0 aromatic heterocycles. The summed E-state index contributed by atoms with van der Waals surface area (Å²) in [6.07, 6.45) is 2.18. The van der Waals surface area contributed by atoms with Crippen LogP contribution in [-0.4, -0.2) is 37.6 Å². The number of nitrogens with two attached hydrogens (primary N) is 1. The quantitative estimate of drug-likeness (QED) is 0.648. The summed E-state index contributed by atoms with van der Waals surface area (Å²) in [5.74, 6) is 0.614. The van der Waals surface area contributed by atoms with Crippen LogP contribution < -0.4 is 10.6 Å². The highest BCUT2D eigenvalue weighted by atomic mass is 32.2. The predicted molar refractivity (Wildman–Crippen MR) is 115 cm³/mol. The van der Waals surface area contributed by atoms with Crippen molar-refractivity contribution < 1.29 is 13.2 Å². The number of likely N-dealkylation sites (tertiary alicyclic amines) is 1. The van der Waals surface area contributed by atoms with E-state index in [2.05, 4.69) is 18.1 Å². The van der Waals surface area contributed by atoms with Crippen LogP contribution in [0.3, 0.4) is 0 Å². The van der Waals surface area contributed by atoms with E-state index in [1.807, 2.05) is 4.90 Å². The number of nitrogens with zero attached hydrogens (tertiary/aromatic N) is 2.